The first kappa shape index (κ1) is 26.9. The second kappa shape index (κ2) is 10.7. The van der Waals surface area contributed by atoms with E-state index in [1.807, 2.05) is 0 Å². The lowest BCUT2D eigenvalue weighted by atomic mass is 10.0. The number of H-pyrrole nitrogens is 1. The van der Waals surface area contributed by atoms with E-state index in [0.717, 1.165) is 0 Å². The van der Waals surface area contributed by atoms with Gasteiger partial charge in [0.05, 0.1) is 28.5 Å². The molecule has 0 saturated carbocycles. The highest BCUT2D eigenvalue weighted by atomic mass is 32.2. The number of nitrogens with zero attached hydrogens (tertiary/aromatic N) is 4. The molecular weight excluding hydrogens is 508 g/mol. The van der Waals surface area contributed by atoms with Crippen LogP contribution in [0, 0.1) is 11.3 Å². The van der Waals surface area contributed by atoms with E-state index in [2.05, 4.69) is 15.3 Å². The summed E-state index contributed by atoms with van der Waals surface area (Å²) < 4.78 is 35.2. The van der Waals surface area contributed by atoms with E-state index in [1.54, 1.807) is 62.2 Å². The second-order valence-electron chi connectivity index (χ2n) is 9.96. The number of carbonyl (C=O) groups excluding carboxylic acids is 2. The maximum absolute atomic E-state index is 14.2. The van der Waals surface area contributed by atoms with Crippen LogP contribution in [0.5, 0.6) is 0 Å². The molecule has 1 fully saturated rings. The molecule has 0 unspecified atom stereocenters. The van der Waals surface area contributed by atoms with Crippen molar-refractivity contribution in [3.05, 3.63) is 48.8 Å². The molecule has 0 spiro atoms. The molecule has 3 heterocycles. The monoisotopic (exact) mass is 538 g/mol. The molecule has 11 nitrogen and oxygen atoms in total. The molecule has 3 aromatic rings. The molecule has 200 valence electrons. The molecule has 0 aliphatic carbocycles. The maximum atomic E-state index is 14.2. The molecule has 0 bridgehead atoms. The number of aromatic amines is 1. The predicted molar refractivity (Wildman–Crippen MR) is 142 cm³/mol. The number of hydrogen-bond donors (Lipinski definition) is 2. The van der Waals surface area contributed by atoms with Gasteiger partial charge in [-0.25, -0.2) is 18.2 Å². The summed E-state index contributed by atoms with van der Waals surface area (Å²) in [5, 5.41) is 12.1. The van der Waals surface area contributed by atoms with E-state index < -0.39 is 40.1 Å². The van der Waals surface area contributed by atoms with Gasteiger partial charge in [0, 0.05) is 30.7 Å². The quantitative estimate of drug-likeness (QED) is 0.482. The van der Waals surface area contributed by atoms with Crippen LogP contribution in [-0.4, -0.2) is 60.0 Å². The first-order chi connectivity index (χ1) is 18.0. The number of aromatic nitrogens is 2. The molecule has 2 amide bonds. The van der Waals surface area contributed by atoms with Crippen LogP contribution in [0.1, 0.15) is 40.0 Å². The van der Waals surface area contributed by atoms with E-state index >= 15 is 0 Å². The Bertz CT molecular complexity index is 1470. The number of ether oxygens (including phenoxy) is 1. The van der Waals surface area contributed by atoms with Gasteiger partial charge in [-0.05, 0) is 51.8 Å². The van der Waals surface area contributed by atoms with Crippen LogP contribution < -0.4 is 9.62 Å². The Labute approximate surface area is 221 Å². The van der Waals surface area contributed by atoms with Crippen molar-refractivity contribution in [1.82, 2.24) is 14.9 Å². The van der Waals surface area contributed by atoms with Crippen LogP contribution in [0.2, 0.25) is 0 Å². The average Bonchev–Trinajstić information content (AvgIpc) is 3.34. The zero-order chi connectivity index (χ0) is 27.5. The van der Waals surface area contributed by atoms with Crippen LogP contribution in [0.4, 0.5) is 16.2 Å². The van der Waals surface area contributed by atoms with Crippen molar-refractivity contribution >= 4 is 44.4 Å². The van der Waals surface area contributed by atoms with Gasteiger partial charge in [0.15, 0.2) is 0 Å². The van der Waals surface area contributed by atoms with Gasteiger partial charge in [-0.15, -0.1) is 0 Å². The number of sulfonamides is 1. The number of nitriles is 1. The van der Waals surface area contributed by atoms with Gasteiger partial charge >= 0.3 is 6.09 Å². The fourth-order valence-corrected chi connectivity index (χ4v) is 6.17. The van der Waals surface area contributed by atoms with Gasteiger partial charge in [0.1, 0.15) is 17.7 Å². The molecule has 38 heavy (non-hydrogen) atoms. The average molecular weight is 539 g/mol. The van der Waals surface area contributed by atoms with Crippen molar-refractivity contribution in [3.8, 4) is 6.07 Å². The topological polar surface area (TPSA) is 148 Å². The Morgan fingerprint density at radius 1 is 1.21 bits per heavy atom. The first-order valence-corrected chi connectivity index (χ1v) is 13.7. The number of rotatable bonds is 6. The van der Waals surface area contributed by atoms with Crippen molar-refractivity contribution < 1.29 is 22.7 Å². The third-order valence-electron chi connectivity index (χ3n) is 6.04. The summed E-state index contributed by atoms with van der Waals surface area (Å²) in [6, 6.07) is 11.0. The van der Waals surface area contributed by atoms with E-state index in [0.29, 0.717) is 23.9 Å². The Kier molecular flexibility index (Phi) is 7.59. The molecular formula is C26H30N6O5S. The summed E-state index contributed by atoms with van der Waals surface area (Å²) in [4.78, 5) is 34.0. The number of amides is 2. The molecule has 4 rings (SSSR count). The Balaban J connectivity index is 1.79. The molecule has 2 aromatic heterocycles. The van der Waals surface area contributed by atoms with E-state index in [1.165, 1.54) is 22.6 Å². The number of hydrogen-bond acceptors (Lipinski definition) is 7. The molecule has 12 heteroatoms. The lowest BCUT2D eigenvalue weighted by Crippen LogP contribution is -2.50. The number of anilines is 2. The standard InChI is InChI=1S/C26H30N6O5S/c1-26(2,3)37-25(34)31-15-11-18(12-16-31)32(38(35,36)19-7-5-4-6-8-19)23-20-10-14-28-24(20)29-17-21(23)30-22(33)9-13-27/h4-8,10,14,17-18H,9,11-12,15-16H2,1-3H3,(H,28,29)(H,30,33). The van der Waals surface area contributed by atoms with Gasteiger partial charge in [-0.3, -0.25) is 9.10 Å². The number of fused-ring (bicyclic) bond motifs is 1. The van der Waals surface area contributed by atoms with Crippen molar-refractivity contribution in [1.29, 1.82) is 5.26 Å². The fourth-order valence-electron chi connectivity index (χ4n) is 4.40. The third-order valence-corrected chi connectivity index (χ3v) is 7.91. The minimum absolute atomic E-state index is 0.0874. The molecule has 1 saturated heterocycles. The molecule has 0 atom stereocenters. The van der Waals surface area contributed by atoms with Gasteiger partial charge in [0.2, 0.25) is 5.91 Å². The van der Waals surface area contributed by atoms with Gasteiger partial charge in [0.25, 0.3) is 10.0 Å². The number of pyridine rings is 1. The maximum Gasteiger partial charge on any atom is 0.410 e. The second-order valence-corrected chi connectivity index (χ2v) is 11.8. The Morgan fingerprint density at radius 3 is 2.53 bits per heavy atom. The van der Waals surface area contributed by atoms with Crippen LogP contribution in [-0.2, 0) is 19.6 Å². The van der Waals surface area contributed by atoms with Crippen LogP contribution in [0.3, 0.4) is 0 Å². The SMILES string of the molecule is CC(C)(C)OC(=O)N1CCC(N(c2c(NC(=O)CC#N)cnc3[nH]ccc23)S(=O)(=O)c2ccccc2)CC1. The minimum Gasteiger partial charge on any atom is -0.444 e. The number of nitrogens with one attached hydrogen (secondary N) is 2. The smallest absolute Gasteiger partial charge is 0.410 e. The van der Waals surface area contributed by atoms with E-state index in [4.69, 9.17) is 10.00 Å². The summed E-state index contributed by atoms with van der Waals surface area (Å²) >= 11 is 0. The van der Waals surface area contributed by atoms with Crippen LogP contribution >= 0.6 is 0 Å². The van der Waals surface area contributed by atoms with E-state index in [9.17, 15) is 18.0 Å². The lowest BCUT2D eigenvalue weighted by Gasteiger charge is -2.40. The summed E-state index contributed by atoms with van der Waals surface area (Å²) in [5.41, 5.74) is 0.218. The molecule has 0 radical (unpaired) electrons. The van der Waals surface area contributed by atoms with Crippen molar-refractivity contribution in [2.45, 2.75) is 56.6 Å². The van der Waals surface area contributed by atoms with Crippen LogP contribution in [0.15, 0.2) is 53.7 Å². The highest BCUT2D eigenvalue weighted by molar-refractivity contribution is 7.93. The minimum atomic E-state index is -4.12. The Hall–Kier alpha value is -4.11. The highest BCUT2D eigenvalue weighted by Crippen LogP contribution is 2.40. The molecule has 1 aliphatic rings. The summed E-state index contributed by atoms with van der Waals surface area (Å²) in [5.74, 6) is -0.581. The van der Waals surface area contributed by atoms with Crippen molar-refractivity contribution in [2.24, 2.45) is 0 Å². The Morgan fingerprint density at radius 2 is 1.89 bits per heavy atom. The predicted octanol–water partition coefficient (Wildman–Crippen LogP) is 4.01. The van der Waals surface area contributed by atoms with E-state index in [-0.39, 0.29) is 29.4 Å². The van der Waals surface area contributed by atoms with Crippen molar-refractivity contribution in [2.75, 3.05) is 22.7 Å². The number of carbonyl (C=O) groups is 2. The van der Waals surface area contributed by atoms with Gasteiger partial charge in [-0.1, -0.05) is 18.2 Å². The molecule has 1 aromatic carbocycles. The largest absolute Gasteiger partial charge is 0.444 e. The molecule has 2 N–H and O–H groups in total. The van der Waals surface area contributed by atoms with Crippen molar-refractivity contribution in [3.63, 3.8) is 0 Å². The summed E-state index contributed by atoms with van der Waals surface area (Å²) in [6.07, 6.45) is 2.85. The molecule has 1 aliphatic heterocycles. The van der Waals surface area contributed by atoms with Gasteiger partial charge in [-0.2, -0.15) is 5.26 Å². The zero-order valence-electron chi connectivity index (χ0n) is 21.5. The summed E-state index contributed by atoms with van der Waals surface area (Å²) in [6.45, 7) is 5.95. The highest BCUT2D eigenvalue weighted by Gasteiger charge is 2.38. The fraction of sp³-hybridized carbons (Fsp3) is 0.385. The number of piperidine rings is 1. The lowest BCUT2D eigenvalue weighted by molar-refractivity contribution is -0.115. The number of benzene rings is 1. The third kappa shape index (κ3) is 5.73. The normalized spacial score (nSPS) is 14.6. The zero-order valence-corrected chi connectivity index (χ0v) is 22.3. The van der Waals surface area contributed by atoms with Crippen LogP contribution in [0.25, 0.3) is 11.0 Å². The first-order valence-electron chi connectivity index (χ1n) is 12.2. The van der Waals surface area contributed by atoms with Gasteiger partial charge < -0.3 is 19.9 Å². The number of likely N-dealkylation sites (tertiary alicyclic amines) is 1. The summed E-state index contributed by atoms with van der Waals surface area (Å²) in [7, 11) is -4.12.